The van der Waals surface area contributed by atoms with E-state index >= 15 is 0 Å². The van der Waals surface area contributed by atoms with Gasteiger partial charge in [-0.05, 0) is 30.0 Å². The molecule has 1 aliphatic heterocycles. The second kappa shape index (κ2) is 7.73. The van der Waals surface area contributed by atoms with E-state index < -0.39 is 0 Å². The molecule has 122 valence electrons. The third kappa shape index (κ3) is 3.99. The standard InChI is InChI=1S/C18H21NO3S/c1-23-16-7-5-14(6-8-16)11-19(9-10-20)12-15-3-2-4-17-18(15)22-13-21-17/h2-8,20H,9-13H2,1H3. The van der Waals surface area contributed by atoms with Crippen molar-refractivity contribution in [2.45, 2.75) is 18.0 Å². The molecule has 0 unspecified atom stereocenters. The molecule has 0 saturated heterocycles. The summed E-state index contributed by atoms with van der Waals surface area (Å²) in [5.41, 5.74) is 2.33. The van der Waals surface area contributed by atoms with Crippen molar-refractivity contribution in [2.24, 2.45) is 0 Å². The van der Waals surface area contributed by atoms with Crippen LogP contribution in [0.3, 0.4) is 0 Å². The van der Waals surface area contributed by atoms with Gasteiger partial charge < -0.3 is 14.6 Å². The SMILES string of the molecule is CSc1ccc(CN(CCO)Cc2cccc3c2OCO3)cc1. The predicted molar refractivity (Wildman–Crippen MR) is 92.0 cm³/mol. The Labute approximate surface area is 141 Å². The van der Waals surface area contributed by atoms with Crippen molar-refractivity contribution in [1.82, 2.24) is 4.90 Å². The van der Waals surface area contributed by atoms with Crippen LogP contribution >= 0.6 is 11.8 Å². The predicted octanol–water partition coefficient (Wildman–Crippen LogP) is 3.13. The lowest BCUT2D eigenvalue weighted by Gasteiger charge is -2.22. The highest BCUT2D eigenvalue weighted by Crippen LogP contribution is 2.36. The fourth-order valence-electron chi connectivity index (χ4n) is 2.70. The van der Waals surface area contributed by atoms with Crippen molar-refractivity contribution in [3.05, 3.63) is 53.6 Å². The zero-order valence-electron chi connectivity index (χ0n) is 13.2. The Hall–Kier alpha value is -1.69. The highest BCUT2D eigenvalue weighted by atomic mass is 32.2. The molecule has 0 fully saturated rings. The Kier molecular flexibility index (Phi) is 5.43. The number of para-hydroxylation sites is 1. The smallest absolute Gasteiger partial charge is 0.231 e. The number of hydrogen-bond acceptors (Lipinski definition) is 5. The van der Waals surface area contributed by atoms with E-state index in [4.69, 9.17) is 9.47 Å². The summed E-state index contributed by atoms with van der Waals surface area (Å²) in [6.07, 6.45) is 2.07. The van der Waals surface area contributed by atoms with E-state index in [9.17, 15) is 5.11 Å². The lowest BCUT2D eigenvalue weighted by atomic mass is 10.1. The molecule has 0 saturated carbocycles. The number of thioether (sulfide) groups is 1. The van der Waals surface area contributed by atoms with Crippen LogP contribution in [0.4, 0.5) is 0 Å². The zero-order valence-corrected chi connectivity index (χ0v) is 14.0. The molecule has 0 aliphatic carbocycles. The maximum atomic E-state index is 9.37. The summed E-state index contributed by atoms with van der Waals surface area (Å²) in [6.45, 7) is 2.55. The largest absolute Gasteiger partial charge is 0.454 e. The van der Waals surface area contributed by atoms with Crippen LogP contribution in [0.1, 0.15) is 11.1 Å². The second-order valence-electron chi connectivity index (χ2n) is 5.43. The molecule has 0 bridgehead atoms. The summed E-state index contributed by atoms with van der Waals surface area (Å²) in [7, 11) is 0. The molecule has 2 aromatic rings. The van der Waals surface area contributed by atoms with Crippen molar-refractivity contribution in [3.8, 4) is 11.5 Å². The van der Waals surface area contributed by atoms with Crippen LogP contribution < -0.4 is 9.47 Å². The van der Waals surface area contributed by atoms with Gasteiger partial charge in [-0.2, -0.15) is 0 Å². The van der Waals surface area contributed by atoms with Gasteiger partial charge in [0.1, 0.15) is 0 Å². The Morgan fingerprint density at radius 2 is 1.91 bits per heavy atom. The first-order valence-corrected chi connectivity index (χ1v) is 8.86. The van der Waals surface area contributed by atoms with Gasteiger partial charge in [0.15, 0.2) is 11.5 Å². The normalized spacial score (nSPS) is 12.8. The number of hydrogen-bond donors (Lipinski definition) is 1. The third-order valence-electron chi connectivity index (χ3n) is 3.85. The number of fused-ring (bicyclic) bond motifs is 1. The molecular formula is C18H21NO3S. The molecule has 0 radical (unpaired) electrons. The maximum Gasteiger partial charge on any atom is 0.231 e. The third-order valence-corrected chi connectivity index (χ3v) is 4.60. The fraction of sp³-hybridized carbons (Fsp3) is 0.333. The van der Waals surface area contributed by atoms with Gasteiger partial charge in [0.2, 0.25) is 6.79 Å². The molecule has 0 aromatic heterocycles. The highest BCUT2D eigenvalue weighted by Gasteiger charge is 2.19. The monoisotopic (exact) mass is 331 g/mol. The number of rotatable bonds is 7. The van der Waals surface area contributed by atoms with Crippen LogP contribution in [0.25, 0.3) is 0 Å². The van der Waals surface area contributed by atoms with E-state index in [1.54, 1.807) is 11.8 Å². The number of benzene rings is 2. The quantitative estimate of drug-likeness (QED) is 0.790. The van der Waals surface area contributed by atoms with E-state index in [-0.39, 0.29) is 13.4 Å². The topological polar surface area (TPSA) is 41.9 Å². The number of nitrogens with zero attached hydrogens (tertiary/aromatic N) is 1. The van der Waals surface area contributed by atoms with E-state index in [1.165, 1.54) is 10.5 Å². The minimum Gasteiger partial charge on any atom is -0.454 e. The number of ether oxygens (including phenoxy) is 2. The van der Waals surface area contributed by atoms with Gasteiger partial charge in [0, 0.05) is 30.1 Å². The zero-order chi connectivity index (χ0) is 16.1. The van der Waals surface area contributed by atoms with Crippen LogP contribution in [-0.2, 0) is 13.1 Å². The summed E-state index contributed by atoms with van der Waals surface area (Å²) >= 11 is 1.74. The molecular weight excluding hydrogens is 310 g/mol. The first kappa shape index (κ1) is 16.2. The summed E-state index contributed by atoms with van der Waals surface area (Å²) in [5, 5.41) is 9.37. The van der Waals surface area contributed by atoms with E-state index in [0.29, 0.717) is 6.54 Å². The van der Waals surface area contributed by atoms with Crippen LogP contribution in [-0.4, -0.2) is 36.2 Å². The van der Waals surface area contributed by atoms with Gasteiger partial charge >= 0.3 is 0 Å². The molecule has 1 N–H and O–H groups in total. The Morgan fingerprint density at radius 1 is 1.09 bits per heavy atom. The van der Waals surface area contributed by atoms with Crippen LogP contribution in [0, 0.1) is 0 Å². The first-order chi connectivity index (χ1) is 11.3. The summed E-state index contributed by atoms with van der Waals surface area (Å²) in [4.78, 5) is 3.47. The lowest BCUT2D eigenvalue weighted by Crippen LogP contribution is -2.26. The number of aliphatic hydroxyl groups excluding tert-OH is 1. The first-order valence-electron chi connectivity index (χ1n) is 7.64. The van der Waals surface area contributed by atoms with Gasteiger partial charge in [0.25, 0.3) is 0 Å². The van der Waals surface area contributed by atoms with Crippen LogP contribution in [0.15, 0.2) is 47.4 Å². The summed E-state index contributed by atoms with van der Waals surface area (Å²) in [6, 6.07) is 14.5. The molecule has 1 aliphatic rings. The fourth-order valence-corrected chi connectivity index (χ4v) is 3.11. The molecule has 0 atom stereocenters. The average Bonchev–Trinajstić information content (AvgIpc) is 3.05. The van der Waals surface area contributed by atoms with Gasteiger partial charge in [-0.1, -0.05) is 24.3 Å². The highest BCUT2D eigenvalue weighted by molar-refractivity contribution is 7.98. The molecule has 5 heteroatoms. The molecule has 2 aromatic carbocycles. The molecule has 0 amide bonds. The molecule has 3 rings (SSSR count). The van der Waals surface area contributed by atoms with Crippen molar-refractivity contribution in [1.29, 1.82) is 0 Å². The van der Waals surface area contributed by atoms with Crippen molar-refractivity contribution in [2.75, 3.05) is 26.2 Å². The molecule has 4 nitrogen and oxygen atoms in total. The number of aliphatic hydroxyl groups is 1. The van der Waals surface area contributed by atoms with Crippen molar-refractivity contribution >= 4 is 11.8 Å². The molecule has 23 heavy (non-hydrogen) atoms. The van der Waals surface area contributed by atoms with Crippen molar-refractivity contribution < 1.29 is 14.6 Å². The van der Waals surface area contributed by atoms with Gasteiger partial charge in [-0.25, -0.2) is 0 Å². The average molecular weight is 331 g/mol. The van der Waals surface area contributed by atoms with E-state index in [1.807, 2.05) is 12.1 Å². The minimum absolute atomic E-state index is 0.134. The van der Waals surface area contributed by atoms with Crippen molar-refractivity contribution in [3.63, 3.8) is 0 Å². The Morgan fingerprint density at radius 3 is 2.65 bits per heavy atom. The lowest BCUT2D eigenvalue weighted by molar-refractivity contribution is 0.167. The maximum absolute atomic E-state index is 9.37. The Bertz CT molecular complexity index is 645. The van der Waals surface area contributed by atoms with E-state index in [0.717, 1.165) is 30.2 Å². The summed E-state index contributed by atoms with van der Waals surface area (Å²) < 4.78 is 11.0. The van der Waals surface area contributed by atoms with Gasteiger partial charge in [0.05, 0.1) is 6.61 Å². The molecule has 0 spiro atoms. The summed E-state index contributed by atoms with van der Waals surface area (Å²) in [5.74, 6) is 1.63. The molecule has 1 heterocycles. The van der Waals surface area contributed by atoms with E-state index in [2.05, 4.69) is 41.5 Å². The van der Waals surface area contributed by atoms with Crippen LogP contribution in [0.2, 0.25) is 0 Å². The van der Waals surface area contributed by atoms with Gasteiger partial charge in [-0.3, -0.25) is 4.90 Å². The minimum atomic E-state index is 0.134. The van der Waals surface area contributed by atoms with Crippen LogP contribution in [0.5, 0.6) is 11.5 Å². The second-order valence-corrected chi connectivity index (χ2v) is 6.31. The van der Waals surface area contributed by atoms with Gasteiger partial charge in [-0.15, -0.1) is 11.8 Å². The Balaban J connectivity index is 1.72.